The van der Waals surface area contributed by atoms with Crippen molar-refractivity contribution in [3.63, 3.8) is 0 Å². The summed E-state index contributed by atoms with van der Waals surface area (Å²) in [6, 6.07) is 8.40. The number of aromatic nitrogens is 4. The quantitative estimate of drug-likeness (QED) is 0.799. The third-order valence-electron chi connectivity index (χ3n) is 3.71. The number of aryl methyl sites for hydroxylation is 1. The molecule has 0 bridgehead atoms. The van der Waals surface area contributed by atoms with Gasteiger partial charge >= 0.3 is 0 Å². The largest absolute Gasteiger partial charge is 0.347 e. The SMILES string of the molecule is Cc1ccc(-n2nnc(C(=O)NCc3ccncc3)c2C)cc1F. The van der Waals surface area contributed by atoms with Gasteiger partial charge in [-0.3, -0.25) is 9.78 Å². The number of hydrogen-bond acceptors (Lipinski definition) is 4. The molecule has 0 radical (unpaired) electrons. The summed E-state index contributed by atoms with van der Waals surface area (Å²) in [7, 11) is 0. The molecule has 2 aromatic heterocycles. The van der Waals surface area contributed by atoms with E-state index in [-0.39, 0.29) is 17.4 Å². The van der Waals surface area contributed by atoms with Gasteiger partial charge in [-0.2, -0.15) is 0 Å². The molecule has 0 aliphatic rings. The number of amides is 1. The van der Waals surface area contributed by atoms with Crippen molar-refractivity contribution in [3.8, 4) is 5.69 Å². The van der Waals surface area contributed by atoms with Crippen LogP contribution in [0, 0.1) is 19.7 Å². The number of halogens is 1. The van der Waals surface area contributed by atoms with Gasteiger partial charge in [0, 0.05) is 18.9 Å². The molecule has 0 aliphatic heterocycles. The smallest absolute Gasteiger partial charge is 0.274 e. The summed E-state index contributed by atoms with van der Waals surface area (Å²) < 4.78 is 15.2. The Bertz CT molecular complexity index is 876. The lowest BCUT2D eigenvalue weighted by atomic mass is 10.2. The molecule has 0 saturated heterocycles. The van der Waals surface area contributed by atoms with Gasteiger partial charge in [-0.25, -0.2) is 9.07 Å². The first-order valence-corrected chi connectivity index (χ1v) is 7.42. The highest BCUT2D eigenvalue weighted by atomic mass is 19.1. The Labute approximate surface area is 138 Å². The zero-order chi connectivity index (χ0) is 17.1. The van der Waals surface area contributed by atoms with Gasteiger partial charge in [-0.05, 0) is 49.2 Å². The van der Waals surface area contributed by atoms with Gasteiger partial charge in [0.25, 0.3) is 5.91 Å². The molecule has 0 atom stereocenters. The van der Waals surface area contributed by atoms with Crippen LogP contribution in [0.15, 0.2) is 42.7 Å². The van der Waals surface area contributed by atoms with Crippen LogP contribution < -0.4 is 5.32 Å². The van der Waals surface area contributed by atoms with E-state index in [2.05, 4.69) is 20.6 Å². The van der Waals surface area contributed by atoms with Gasteiger partial charge in [-0.15, -0.1) is 5.10 Å². The Morgan fingerprint density at radius 2 is 1.96 bits per heavy atom. The number of nitrogens with zero attached hydrogens (tertiary/aromatic N) is 4. The zero-order valence-electron chi connectivity index (χ0n) is 13.3. The van der Waals surface area contributed by atoms with Gasteiger partial charge in [0.1, 0.15) is 5.82 Å². The minimum atomic E-state index is -0.330. The molecule has 0 unspecified atom stereocenters. The Kier molecular flexibility index (Phi) is 4.33. The predicted molar refractivity (Wildman–Crippen MR) is 86.2 cm³/mol. The molecule has 0 aliphatic carbocycles. The summed E-state index contributed by atoms with van der Waals surface area (Å²) in [6.45, 7) is 3.78. The Morgan fingerprint density at radius 1 is 1.21 bits per heavy atom. The van der Waals surface area contributed by atoms with Crippen molar-refractivity contribution in [3.05, 3.63) is 71.1 Å². The Morgan fingerprint density at radius 3 is 2.67 bits per heavy atom. The van der Waals surface area contributed by atoms with Gasteiger partial charge in [0.15, 0.2) is 5.69 Å². The summed E-state index contributed by atoms with van der Waals surface area (Å²) in [5, 5.41) is 10.7. The summed E-state index contributed by atoms with van der Waals surface area (Å²) in [6.07, 6.45) is 3.32. The topological polar surface area (TPSA) is 72.7 Å². The van der Waals surface area contributed by atoms with E-state index in [1.54, 1.807) is 38.4 Å². The Balaban J connectivity index is 1.79. The summed E-state index contributed by atoms with van der Waals surface area (Å²) in [5.41, 5.74) is 2.77. The van der Waals surface area contributed by atoms with E-state index >= 15 is 0 Å². The van der Waals surface area contributed by atoms with E-state index in [1.807, 2.05) is 12.1 Å². The average molecular weight is 325 g/mol. The number of carbonyl (C=O) groups is 1. The molecule has 0 saturated carbocycles. The molecular weight excluding hydrogens is 309 g/mol. The van der Waals surface area contributed by atoms with Crippen molar-refractivity contribution >= 4 is 5.91 Å². The fraction of sp³-hybridized carbons (Fsp3) is 0.176. The number of benzene rings is 1. The van der Waals surface area contributed by atoms with Gasteiger partial charge in [0.05, 0.1) is 11.4 Å². The maximum atomic E-state index is 13.7. The zero-order valence-corrected chi connectivity index (χ0v) is 13.3. The van der Waals surface area contributed by atoms with Gasteiger partial charge in [0.2, 0.25) is 0 Å². The number of pyridine rings is 1. The second-order valence-corrected chi connectivity index (χ2v) is 5.41. The second-order valence-electron chi connectivity index (χ2n) is 5.41. The molecule has 3 rings (SSSR count). The summed E-state index contributed by atoms with van der Waals surface area (Å²) in [5.74, 6) is -0.658. The molecule has 1 N–H and O–H groups in total. The van der Waals surface area contributed by atoms with Crippen LogP contribution in [0.3, 0.4) is 0 Å². The van der Waals surface area contributed by atoms with Crippen molar-refractivity contribution < 1.29 is 9.18 Å². The van der Waals surface area contributed by atoms with E-state index in [1.165, 1.54) is 10.7 Å². The molecule has 7 heteroatoms. The van der Waals surface area contributed by atoms with Gasteiger partial charge < -0.3 is 5.32 Å². The van der Waals surface area contributed by atoms with Crippen LogP contribution in [0.25, 0.3) is 5.69 Å². The first-order valence-electron chi connectivity index (χ1n) is 7.42. The van der Waals surface area contributed by atoms with E-state index in [0.29, 0.717) is 23.5 Å². The molecule has 1 aromatic carbocycles. The normalized spacial score (nSPS) is 10.6. The Hall–Kier alpha value is -3.09. The maximum Gasteiger partial charge on any atom is 0.274 e. The van der Waals surface area contributed by atoms with Crippen LogP contribution in [0.1, 0.15) is 27.3 Å². The van der Waals surface area contributed by atoms with Crippen molar-refractivity contribution in [2.75, 3.05) is 0 Å². The highest BCUT2D eigenvalue weighted by molar-refractivity contribution is 5.93. The summed E-state index contributed by atoms with van der Waals surface area (Å²) >= 11 is 0. The molecule has 0 spiro atoms. The van der Waals surface area contributed by atoms with Crippen molar-refractivity contribution in [1.29, 1.82) is 0 Å². The maximum absolute atomic E-state index is 13.7. The standard InChI is InChI=1S/C17H16FN5O/c1-11-3-4-14(9-15(11)18)23-12(2)16(21-22-23)17(24)20-10-13-5-7-19-8-6-13/h3-9H,10H2,1-2H3,(H,20,24). The van der Waals surface area contributed by atoms with Crippen LogP contribution in [0.5, 0.6) is 0 Å². The monoisotopic (exact) mass is 325 g/mol. The molecule has 122 valence electrons. The van der Waals surface area contributed by atoms with Crippen molar-refractivity contribution in [2.45, 2.75) is 20.4 Å². The lowest BCUT2D eigenvalue weighted by Crippen LogP contribution is -2.24. The third kappa shape index (κ3) is 3.15. The van der Waals surface area contributed by atoms with E-state index in [4.69, 9.17) is 0 Å². The first-order chi connectivity index (χ1) is 11.6. The molecule has 6 nitrogen and oxygen atoms in total. The number of rotatable bonds is 4. The van der Waals surface area contributed by atoms with Crippen LogP contribution in [0.4, 0.5) is 4.39 Å². The molecule has 3 aromatic rings. The van der Waals surface area contributed by atoms with E-state index in [0.717, 1.165) is 5.56 Å². The molecule has 0 fully saturated rings. The van der Waals surface area contributed by atoms with Crippen LogP contribution in [-0.2, 0) is 6.54 Å². The average Bonchev–Trinajstić information content (AvgIpc) is 2.98. The highest BCUT2D eigenvalue weighted by Gasteiger charge is 2.17. The molecule has 24 heavy (non-hydrogen) atoms. The second kappa shape index (κ2) is 6.57. The van der Waals surface area contributed by atoms with Crippen LogP contribution in [-0.4, -0.2) is 25.9 Å². The summed E-state index contributed by atoms with van der Waals surface area (Å²) in [4.78, 5) is 16.2. The molecule has 1 amide bonds. The minimum absolute atomic E-state index is 0.213. The minimum Gasteiger partial charge on any atom is -0.347 e. The fourth-order valence-corrected chi connectivity index (χ4v) is 2.26. The third-order valence-corrected chi connectivity index (χ3v) is 3.71. The number of carbonyl (C=O) groups excluding carboxylic acids is 1. The van der Waals surface area contributed by atoms with Crippen LogP contribution in [0.2, 0.25) is 0 Å². The van der Waals surface area contributed by atoms with Crippen molar-refractivity contribution in [1.82, 2.24) is 25.3 Å². The highest BCUT2D eigenvalue weighted by Crippen LogP contribution is 2.16. The number of nitrogens with one attached hydrogen (secondary N) is 1. The van der Waals surface area contributed by atoms with Crippen LogP contribution >= 0.6 is 0 Å². The lowest BCUT2D eigenvalue weighted by molar-refractivity contribution is 0.0945. The molecule has 2 heterocycles. The number of hydrogen-bond donors (Lipinski definition) is 1. The van der Waals surface area contributed by atoms with E-state index < -0.39 is 0 Å². The molecular formula is C17H16FN5O. The lowest BCUT2D eigenvalue weighted by Gasteiger charge is -2.06. The van der Waals surface area contributed by atoms with Gasteiger partial charge in [-0.1, -0.05) is 11.3 Å². The van der Waals surface area contributed by atoms with E-state index in [9.17, 15) is 9.18 Å². The first kappa shape index (κ1) is 15.8. The fourth-order valence-electron chi connectivity index (χ4n) is 2.26. The van der Waals surface area contributed by atoms with Crippen molar-refractivity contribution in [2.24, 2.45) is 0 Å². The predicted octanol–water partition coefficient (Wildman–Crippen LogP) is 2.35.